The second-order valence-electron chi connectivity index (χ2n) is 5.66. The molecule has 19 heavy (non-hydrogen) atoms. The van der Waals surface area contributed by atoms with Gasteiger partial charge in [0.25, 0.3) is 0 Å². The Morgan fingerprint density at radius 3 is 2.95 bits per heavy atom. The zero-order chi connectivity index (χ0) is 13.7. The molecule has 106 valence electrons. The first-order chi connectivity index (χ1) is 9.15. The van der Waals surface area contributed by atoms with E-state index in [0.29, 0.717) is 31.0 Å². The Kier molecular flexibility index (Phi) is 5.14. The third-order valence-corrected chi connectivity index (χ3v) is 3.22. The number of aromatic nitrogens is 1. The molecule has 0 aromatic carbocycles. The Balaban J connectivity index is 1.85. The van der Waals surface area contributed by atoms with Crippen LogP contribution < -0.4 is 10.1 Å². The van der Waals surface area contributed by atoms with E-state index in [1.54, 1.807) is 0 Å². The molecule has 0 saturated heterocycles. The molecule has 2 rings (SSSR count). The summed E-state index contributed by atoms with van der Waals surface area (Å²) >= 11 is 0. The first kappa shape index (κ1) is 14.3. The Labute approximate surface area is 114 Å². The lowest BCUT2D eigenvalue weighted by Crippen LogP contribution is -2.17. The molecule has 0 spiro atoms. The molecule has 0 atom stereocenters. The van der Waals surface area contributed by atoms with Gasteiger partial charge in [-0.2, -0.15) is 0 Å². The average molecular weight is 266 g/mol. The highest BCUT2D eigenvalue weighted by Crippen LogP contribution is 2.22. The van der Waals surface area contributed by atoms with Gasteiger partial charge in [0.2, 0.25) is 5.88 Å². The van der Waals surface area contributed by atoms with Crippen molar-refractivity contribution in [2.75, 3.05) is 6.61 Å². The minimum atomic E-state index is -0.304. The molecule has 1 aliphatic carbocycles. The summed E-state index contributed by atoms with van der Waals surface area (Å²) in [6, 6.07) is 2.11. The van der Waals surface area contributed by atoms with Crippen LogP contribution in [0.2, 0.25) is 0 Å². The van der Waals surface area contributed by atoms with Gasteiger partial charge in [0.05, 0.1) is 12.8 Å². The standard InChI is InChI=1S/C15H23FN2O/c1-11(2)4-3-7-19-15-12(8-13(16)10-18-15)9-17-14-5-6-14/h8,10-11,14,17H,3-7,9H2,1-2H3. The number of ether oxygens (including phenoxy) is 1. The second-order valence-corrected chi connectivity index (χ2v) is 5.66. The van der Waals surface area contributed by atoms with E-state index >= 15 is 0 Å². The zero-order valence-corrected chi connectivity index (χ0v) is 11.8. The second kappa shape index (κ2) is 6.85. The van der Waals surface area contributed by atoms with E-state index in [1.807, 2.05) is 0 Å². The summed E-state index contributed by atoms with van der Waals surface area (Å²) in [5.41, 5.74) is 0.816. The molecule has 0 bridgehead atoms. The molecule has 1 saturated carbocycles. The molecule has 4 heteroatoms. The van der Waals surface area contributed by atoms with Crippen molar-refractivity contribution < 1.29 is 9.13 Å². The SMILES string of the molecule is CC(C)CCCOc1ncc(F)cc1CNC1CC1. The van der Waals surface area contributed by atoms with E-state index in [4.69, 9.17) is 4.74 Å². The van der Waals surface area contributed by atoms with E-state index in [2.05, 4.69) is 24.1 Å². The molecule has 3 nitrogen and oxygen atoms in total. The van der Waals surface area contributed by atoms with Gasteiger partial charge < -0.3 is 10.1 Å². The Morgan fingerprint density at radius 2 is 2.26 bits per heavy atom. The molecular formula is C15H23FN2O. The highest BCUT2D eigenvalue weighted by molar-refractivity contribution is 5.26. The van der Waals surface area contributed by atoms with Crippen LogP contribution >= 0.6 is 0 Å². The van der Waals surface area contributed by atoms with Gasteiger partial charge in [-0.15, -0.1) is 0 Å². The van der Waals surface area contributed by atoms with E-state index in [0.717, 1.165) is 18.4 Å². The fraction of sp³-hybridized carbons (Fsp3) is 0.667. The lowest BCUT2D eigenvalue weighted by Gasteiger charge is -2.11. The highest BCUT2D eigenvalue weighted by atomic mass is 19.1. The maximum Gasteiger partial charge on any atom is 0.218 e. The van der Waals surface area contributed by atoms with Gasteiger partial charge in [0.1, 0.15) is 5.82 Å². The molecule has 0 amide bonds. The number of nitrogens with zero attached hydrogens (tertiary/aromatic N) is 1. The van der Waals surface area contributed by atoms with Gasteiger partial charge >= 0.3 is 0 Å². The lowest BCUT2D eigenvalue weighted by atomic mass is 10.1. The molecule has 0 aliphatic heterocycles. The lowest BCUT2D eigenvalue weighted by molar-refractivity contribution is 0.282. The number of halogens is 1. The molecule has 1 aliphatic rings. The fourth-order valence-electron chi connectivity index (χ4n) is 1.93. The molecule has 1 heterocycles. The normalized spacial score (nSPS) is 14.9. The van der Waals surface area contributed by atoms with Crippen LogP contribution in [0, 0.1) is 11.7 Å². The summed E-state index contributed by atoms with van der Waals surface area (Å²) in [5, 5.41) is 3.36. The minimum absolute atomic E-state index is 0.304. The van der Waals surface area contributed by atoms with Crippen LogP contribution in [0.5, 0.6) is 5.88 Å². The van der Waals surface area contributed by atoms with Crippen molar-refractivity contribution in [3.05, 3.63) is 23.6 Å². The van der Waals surface area contributed by atoms with Crippen molar-refractivity contribution in [3.8, 4) is 5.88 Å². The zero-order valence-electron chi connectivity index (χ0n) is 11.8. The Morgan fingerprint density at radius 1 is 1.47 bits per heavy atom. The van der Waals surface area contributed by atoms with Crippen LogP contribution in [-0.4, -0.2) is 17.6 Å². The van der Waals surface area contributed by atoms with Crippen molar-refractivity contribution in [2.24, 2.45) is 5.92 Å². The third-order valence-electron chi connectivity index (χ3n) is 3.22. The third kappa shape index (κ3) is 5.15. The minimum Gasteiger partial charge on any atom is -0.477 e. The number of rotatable bonds is 8. The molecule has 1 aromatic heterocycles. The topological polar surface area (TPSA) is 34.1 Å². The van der Waals surface area contributed by atoms with Gasteiger partial charge in [-0.25, -0.2) is 9.37 Å². The number of hydrogen-bond acceptors (Lipinski definition) is 3. The van der Waals surface area contributed by atoms with Gasteiger partial charge in [-0.1, -0.05) is 13.8 Å². The smallest absolute Gasteiger partial charge is 0.218 e. The van der Waals surface area contributed by atoms with E-state index in [1.165, 1.54) is 25.1 Å². The van der Waals surface area contributed by atoms with E-state index < -0.39 is 0 Å². The molecule has 0 radical (unpaired) electrons. The van der Waals surface area contributed by atoms with Crippen LogP contribution in [0.1, 0.15) is 45.1 Å². The van der Waals surface area contributed by atoms with E-state index in [-0.39, 0.29) is 5.82 Å². The van der Waals surface area contributed by atoms with Crippen molar-refractivity contribution in [1.29, 1.82) is 0 Å². The monoisotopic (exact) mass is 266 g/mol. The first-order valence-corrected chi connectivity index (χ1v) is 7.15. The van der Waals surface area contributed by atoms with Crippen molar-refractivity contribution >= 4 is 0 Å². The molecule has 1 fully saturated rings. The first-order valence-electron chi connectivity index (χ1n) is 7.15. The predicted octanol–water partition coefficient (Wildman–Crippen LogP) is 3.29. The van der Waals surface area contributed by atoms with Gasteiger partial charge in [-0.3, -0.25) is 0 Å². The largest absolute Gasteiger partial charge is 0.477 e. The maximum absolute atomic E-state index is 13.2. The van der Waals surface area contributed by atoms with Gasteiger partial charge in [0.15, 0.2) is 0 Å². The summed E-state index contributed by atoms with van der Waals surface area (Å²) in [4.78, 5) is 4.06. The van der Waals surface area contributed by atoms with Crippen molar-refractivity contribution in [1.82, 2.24) is 10.3 Å². The highest BCUT2D eigenvalue weighted by Gasteiger charge is 2.21. The quantitative estimate of drug-likeness (QED) is 0.733. The summed E-state index contributed by atoms with van der Waals surface area (Å²) < 4.78 is 18.9. The predicted molar refractivity (Wildman–Crippen MR) is 73.6 cm³/mol. The summed E-state index contributed by atoms with van der Waals surface area (Å²) in [6.45, 7) is 5.67. The van der Waals surface area contributed by atoms with Crippen LogP contribution in [0.25, 0.3) is 0 Å². The van der Waals surface area contributed by atoms with Crippen molar-refractivity contribution in [3.63, 3.8) is 0 Å². The average Bonchev–Trinajstić information content (AvgIpc) is 3.17. The van der Waals surface area contributed by atoms with Crippen molar-refractivity contribution in [2.45, 2.75) is 52.1 Å². The summed E-state index contributed by atoms with van der Waals surface area (Å²) in [5.74, 6) is 0.946. The van der Waals surface area contributed by atoms with Crippen LogP contribution in [0.3, 0.4) is 0 Å². The fourth-order valence-corrected chi connectivity index (χ4v) is 1.93. The van der Waals surface area contributed by atoms with Gasteiger partial charge in [-0.05, 0) is 37.7 Å². The molecule has 1 aromatic rings. The Hall–Kier alpha value is -1.16. The number of pyridine rings is 1. The summed E-state index contributed by atoms with van der Waals surface area (Å²) in [7, 11) is 0. The van der Waals surface area contributed by atoms with E-state index in [9.17, 15) is 4.39 Å². The molecule has 0 unspecified atom stereocenters. The molecular weight excluding hydrogens is 243 g/mol. The van der Waals surface area contributed by atoms with Gasteiger partial charge in [0, 0.05) is 18.2 Å². The number of hydrogen-bond donors (Lipinski definition) is 1. The van der Waals surface area contributed by atoms with Crippen LogP contribution in [0.4, 0.5) is 4.39 Å². The molecule has 1 N–H and O–H groups in total. The van der Waals surface area contributed by atoms with Crippen LogP contribution in [-0.2, 0) is 6.54 Å². The maximum atomic E-state index is 13.2. The van der Waals surface area contributed by atoms with Crippen LogP contribution in [0.15, 0.2) is 12.3 Å². The number of nitrogens with one attached hydrogen (secondary N) is 1. The Bertz CT molecular complexity index is 405. The summed E-state index contributed by atoms with van der Waals surface area (Å²) in [6.07, 6.45) is 5.79.